The zero-order valence-corrected chi connectivity index (χ0v) is 10.2. The molecule has 0 rings (SSSR count). The Morgan fingerprint density at radius 1 is 0.846 bits per heavy atom. The summed E-state index contributed by atoms with van der Waals surface area (Å²) in [4.78, 5) is 0. The summed E-state index contributed by atoms with van der Waals surface area (Å²) < 4.78 is 0. The number of hydrogen-bond donors (Lipinski definition) is 1. The summed E-state index contributed by atoms with van der Waals surface area (Å²) in [5, 5.41) is 0. The molecule has 0 aromatic heterocycles. The van der Waals surface area contributed by atoms with Crippen molar-refractivity contribution in [3.05, 3.63) is 5.92 Å². The maximum Gasteiger partial charge on any atom is -0.00143 e. The summed E-state index contributed by atoms with van der Waals surface area (Å²) >= 11 is 0. The summed E-state index contributed by atoms with van der Waals surface area (Å²) in [6, 6.07) is 0. The molecule has 0 aliphatic heterocycles. The van der Waals surface area contributed by atoms with Gasteiger partial charge in [-0.1, -0.05) is 41.5 Å². The summed E-state index contributed by atoms with van der Waals surface area (Å²) in [7, 11) is 0. The molecule has 0 aliphatic rings. The van der Waals surface area contributed by atoms with Crippen molar-refractivity contribution >= 4 is 0 Å². The van der Waals surface area contributed by atoms with Gasteiger partial charge in [0, 0.05) is 0 Å². The van der Waals surface area contributed by atoms with Crippen LogP contribution in [0.25, 0.3) is 0 Å². The number of rotatable bonds is 3. The molecule has 1 radical (unpaired) electrons. The molecule has 0 saturated heterocycles. The van der Waals surface area contributed by atoms with E-state index >= 15 is 0 Å². The molecule has 0 unspecified atom stereocenters. The van der Waals surface area contributed by atoms with Crippen LogP contribution < -0.4 is 5.73 Å². The van der Waals surface area contributed by atoms with Crippen LogP contribution in [0.2, 0.25) is 0 Å². The fourth-order valence-electron chi connectivity index (χ4n) is 1.71. The van der Waals surface area contributed by atoms with Crippen LogP contribution in [0.1, 0.15) is 54.4 Å². The lowest BCUT2D eigenvalue weighted by Crippen LogP contribution is -2.23. The van der Waals surface area contributed by atoms with Crippen LogP contribution in [-0.4, -0.2) is 6.54 Å². The SMILES string of the molecule is CC(C)(C)C[C](CN)CC(C)(C)C. The average Bonchev–Trinajstić information content (AvgIpc) is 1.79. The fraction of sp³-hybridized carbons (Fsp3) is 0.917. The topological polar surface area (TPSA) is 26.0 Å². The second-order valence-corrected chi connectivity index (χ2v) is 6.43. The van der Waals surface area contributed by atoms with Gasteiger partial charge >= 0.3 is 0 Å². The van der Waals surface area contributed by atoms with Gasteiger partial charge < -0.3 is 5.73 Å². The van der Waals surface area contributed by atoms with Gasteiger partial charge in [0.2, 0.25) is 0 Å². The second-order valence-electron chi connectivity index (χ2n) is 6.43. The first kappa shape index (κ1) is 13.0. The molecule has 1 heteroatoms. The monoisotopic (exact) mass is 184 g/mol. The predicted octanol–water partition coefficient (Wildman–Crippen LogP) is 3.39. The molecule has 0 aromatic carbocycles. The summed E-state index contributed by atoms with van der Waals surface area (Å²) in [5.41, 5.74) is 6.50. The van der Waals surface area contributed by atoms with Crippen molar-refractivity contribution in [2.45, 2.75) is 54.4 Å². The Balaban J connectivity index is 4.05. The van der Waals surface area contributed by atoms with Gasteiger partial charge in [0.1, 0.15) is 0 Å². The van der Waals surface area contributed by atoms with Crippen molar-refractivity contribution in [2.75, 3.05) is 6.54 Å². The Bertz CT molecular complexity index is 120. The maximum absolute atomic E-state index is 5.75. The van der Waals surface area contributed by atoms with E-state index in [1.54, 1.807) is 0 Å². The fourth-order valence-corrected chi connectivity index (χ4v) is 1.71. The standard InChI is InChI=1S/C12H26N/c1-11(2,3)7-10(9-13)8-12(4,5)6/h7-9,13H2,1-6H3. The van der Waals surface area contributed by atoms with Gasteiger partial charge in [-0.25, -0.2) is 0 Å². The van der Waals surface area contributed by atoms with Crippen LogP contribution in [0.15, 0.2) is 0 Å². The third-order valence-electron chi connectivity index (χ3n) is 1.85. The van der Waals surface area contributed by atoms with E-state index in [0.29, 0.717) is 10.8 Å². The molecule has 0 saturated carbocycles. The highest BCUT2D eigenvalue weighted by Crippen LogP contribution is 2.33. The lowest BCUT2D eigenvalue weighted by molar-refractivity contribution is 0.321. The minimum absolute atomic E-state index is 0.375. The normalized spacial score (nSPS) is 13.8. The van der Waals surface area contributed by atoms with Crippen LogP contribution in [-0.2, 0) is 0 Å². The molecule has 0 aromatic rings. The van der Waals surface area contributed by atoms with E-state index in [9.17, 15) is 0 Å². The van der Waals surface area contributed by atoms with E-state index in [4.69, 9.17) is 5.73 Å². The first-order valence-electron chi connectivity index (χ1n) is 5.18. The van der Waals surface area contributed by atoms with E-state index in [1.165, 1.54) is 5.92 Å². The average molecular weight is 184 g/mol. The molecule has 0 aliphatic carbocycles. The van der Waals surface area contributed by atoms with Crippen molar-refractivity contribution in [3.8, 4) is 0 Å². The highest BCUT2D eigenvalue weighted by Gasteiger charge is 2.22. The molecule has 0 bridgehead atoms. The highest BCUT2D eigenvalue weighted by molar-refractivity contribution is 4.97. The predicted molar refractivity (Wildman–Crippen MR) is 60.4 cm³/mol. The van der Waals surface area contributed by atoms with Crippen molar-refractivity contribution in [2.24, 2.45) is 16.6 Å². The molecule has 79 valence electrons. The van der Waals surface area contributed by atoms with Gasteiger partial charge in [-0.05, 0) is 36.1 Å². The Labute approximate surface area is 84.1 Å². The molecule has 2 N–H and O–H groups in total. The van der Waals surface area contributed by atoms with Crippen LogP contribution in [0.3, 0.4) is 0 Å². The molecule has 0 spiro atoms. The van der Waals surface area contributed by atoms with Gasteiger partial charge in [-0.2, -0.15) is 0 Å². The van der Waals surface area contributed by atoms with Gasteiger partial charge in [0.15, 0.2) is 0 Å². The molecule has 0 heterocycles. The number of nitrogens with two attached hydrogens (primary N) is 1. The van der Waals surface area contributed by atoms with E-state index in [2.05, 4.69) is 41.5 Å². The minimum atomic E-state index is 0.375. The zero-order chi connectivity index (χ0) is 10.7. The molecule has 13 heavy (non-hydrogen) atoms. The van der Waals surface area contributed by atoms with E-state index < -0.39 is 0 Å². The molecular formula is C12H26N. The summed E-state index contributed by atoms with van der Waals surface area (Å²) in [6.07, 6.45) is 2.31. The second kappa shape index (κ2) is 4.45. The highest BCUT2D eigenvalue weighted by atomic mass is 14.6. The van der Waals surface area contributed by atoms with Gasteiger partial charge in [0.25, 0.3) is 0 Å². The Hall–Kier alpha value is -0.0400. The van der Waals surface area contributed by atoms with Crippen molar-refractivity contribution in [1.82, 2.24) is 0 Å². The van der Waals surface area contributed by atoms with Crippen molar-refractivity contribution in [3.63, 3.8) is 0 Å². The van der Waals surface area contributed by atoms with Gasteiger partial charge in [-0.15, -0.1) is 0 Å². The van der Waals surface area contributed by atoms with E-state index in [-0.39, 0.29) is 0 Å². The van der Waals surface area contributed by atoms with Crippen LogP contribution in [0.5, 0.6) is 0 Å². The molecule has 1 nitrogen and oxygen atoms in total. The maximum atomic E-state index is 5.75. The summed E-state index contributed by atoms with van der Waals surface area (Å²) in [5.74, 6) is 1.50. The van der Waals surface area contributed by atoms with Crippen molar-refractivity contribution < 1.29 is 0 Å². The molecular weight excluding hydrogens is 158 g/mol. The quantitative estimate of drug-likeness (QED) is 0.715. The third-order valence-corrected chi connectivity index (χ3v) is 1.85. The molecule has 0 atom stereocenters. The largest absolute Gasteiger partial charge is 0.330 e. The Kier molecular flexibility index (Phi) is 4.44. The Morgan fingerprint density at radius 2 is 1.15 bits per heavy atom. The minimum Gasteiger partial charge on any atom is -0.330 e. The van der Waals surface area contributed by atoms with E-state index in [0.717, 1.165) is 19.4 Å². The first-order chi connectivity index (χ1) is 5.64. The van der Waals surface area contributed by atoms with Gasteiger partial charge in [0.05, 0.1) is 0 Å². The van der Waals surface area contributed by atoms with E-state index in [1.807, 2.05) is 0 Å². The van der Waals surface area contributed by atoms with Crippen LogP contribution in [0.4, 0.5) is 0 Å². The van der Waals surface area contributed by atoms with Crippen molar-refractivity contribution in [1.29, 1.82) is 0 Å². The Morgan fingerprint density at radius 3 is 1.31 bits per heavy atom. The smallest absolute Gasteiger partial charge is 0.00143 e. The third kappa shape index (κ3) is 8.29. The zero-order valence-electron chi connectivity index (χ0n) is 10.2. The lowest BCUT2D eigenvalue weighted by atomic mass is 9.77. The number of hydrogen-bond acceptors (Lipinski definition) is 1. The molecule has 0 amide bonds. The first-order valence-corrected chi connectivity index (χ1v) is 5.18. The van der Waals surface area contributed by atoms with Crippen LogP contribution >= 0.6 is 0 Å². The summed E-state index contributed by atoms with van der Waals surface area (Å²) in [6.45, 7) is 14.4. The van der Waals surface area contributed by atoms with Gasteiger partial charge in [-0.3, -0.25) is 0 Å². The van der Waals surface area contributed by atoms with Crippen LogP contribution in [0, 0.1) is 16.7 Å². The molecule has 0 fully saturated rings. The lowest BCUT2D eigenvalue weighted by Gasteiger charge is -2.29.